The van der Waals surface area contributed by atoms with Crippen LogP contribution in [0.25, 0.3) is 0 Å². The van der Waals surface area contributed by atoms with Crippen molar-refractivity contribution in [3.8, 4) is 0 Å². The first-order chi connectivity index (χ1) is 8.10. The summed E-state index contributed by atoms with van der Waals surface area (Å²) in [6.45, 7) is 0. The third-order valence-corrected chi connectivity index (χ3v) is 3.55. The zero-order chi connectivity index (χ0) is 12.5. The van der Waals surface area contributed by atoms with Gasteiger partial charge in [0.05, 0.1) is 12.5 Å². The van der Waals surface area contributed by atoms with Gasteiger partial charge in [0.15, 0.2) is 0 Å². The smallest absolute Gasteiger partial charge is 0.256 e. The summed E-state index contributed by atoms with van der Waals surface area (Å²) >= 11 is 0. The average molecular weight is 237 g/mol. The van der Waals surface area contributed by atoms with E-state index in [2.05, 4.69) is 0 Å². The van der Waals surface area contributed by atoms with Gasteiger partial charge in [-0.2, -0.15) is 0 Å². The molecule has 0 saturated heterocycles. The highest BCUT2D eigenvalue weighted by atomic mass is 19.1. The van der Waals surface area contributed by atoms with E-state index in [1.54, 1.807) is 13.1 Å². The molecule has 1 aliphatic rings. The van der Waals surface area contributed by atoms with Crippen LogP contribution in [0, 0.1) is 5.82 Å². The van der Waals surface area contributed by atoms with Crippen molar-refractivity contribution in [3.05, 3.63) is 35.6 Å². The zero-order valence-electron chi connectivity index (χ0n) is 10.1. The summed E-state index contributed by atoms with van der Waals surface area (Å²) in [6.07, 6.45) is 2.49. The Morgan fingerprint density at radius 1 is 1.47 bits per heavy atom. The maximum atomic E-state index is 13.2. The van der Waals surface area contributed by atoms with E-state index in [9.17, 15) is 9.18 Å². The minimum atomic E-state index is -0.590. The number of likely N-dealkylation sites (N-methyl/N-ethyl adjacent to an activating group) is 1. The number of benzene rings is 1. The van der Waals surface area contributed by atoms with E-state index in [-0.39, 0.29) is 11.7 Å². The number of halogens is 1. The lowest BCUT2D eigenvalue weighted by Gasteiger charge is -2.42. The van der Waals surface area contributed by atoms with Crippen molar-refractivity contribution in [3.63, 3.8) is 0 Å². The molecule has 92 valence electrons. The van der Waals surface area contributed by atoms with Gasteiger partial charge in [0, 0.05) is 7.05 Å². The number of carbonyl (C=O) groups is 1. The molecule has 1 saturated carbocycles. The van der Waals surface area contributed by atoms with Crippen LogP contribution in [0.15, 0.2) is 24.3 Å². The van der Waals surface area contributed by atoms with Gasteiger partial charge in [0.2, 0.25) is 0 Å². The fourth-order valence-electron chi connectivity index (χ4n) is 2.33. The van der Waals surface area contributed by atoms with E-state index in [4.69, 9.17) is 4.84 Å². The van der Waals surface area contributed by atoms with E-state index in [0.29, 0.717) is 0 Å². The summed E-state index contributed by atoms with van der Waals surface area (Å²) < 4.78 is 13.2. The second kappa shape index (κ2) is 4.45. The van der Waals surface area contributed by atoms with Crippen LogP contribution < -0.4 is 0 Å². The highest BCUT2D eigenvalue weighted by Crippen LogP contribution is 2.45. The molecule has 0 N–H and O–H groups in total. The molecule has 1 aromatic carbocycles. The molecule has 4 heteroatoms. The molecule has 0 bridgehead atoms. The van der Waals surface area contributed by atoms with Crippen molar-refractivity contribution in [2.75, 3.05) is 14.2 Å². The van der Waals surface area contributed by atoms with Crippen LogP contribution >= 0.6 is 0 Å². The summed E-state index contributed by atoms with van der Waals surface area (Å²) in [7, 11) is 3.04. The molecule has 0 unspecified atom stereocenters. The molecule has 0 spiro atoms. The summed E-state index contributed by atoms with van der Waals surface area (Å²) in [6, 6.07) is 6.29. The summed E-state index contributed by atoms with van der Waals surface area (Å²) in [5, 5.41) is 1.23. The maximum Gasteiger partial charge on any atom is 0.256 e. The molecular formula is C13H16FNO2. The maximum absolute atomic E-state index is 13.2. The van der Waals surface area contributed by atoms with Gasteiger partial charge < -0.3 is 0 Å². The van der Waals surface area contributed by atoms with Gasteiger partial charge in [-0.1, -0.05) is 18.6 Å². The van der Waals surface area contributed by atoms with Crippen molar-refractivity contribution < 1.29 is 14.0 Å². The van der Waals surface area contributed by atoms with Crippen LogP contribution in [-0.2, 0) is 15.0 Å². The Kier molecular flexibility index (Phi) is 3.15. The first-order valence-corrected chi connectivity index (χ1v) is 5.68. The standard InChI is InChI=1S/C13H16FNO2/c1-15(17-2)12(16)13(7-4-8-13)10-5-3-6-11(14)9-10/h3,5-6,9H,4,7-8H2,1-2H3. The van der Waals surface area contributed by atoms with Gasteiger partial charge in [-0.15, -0.1) is 0 Å². The summed E-state index contributed by atoms with van der Waals surface area (Å²) in [5.74, 6) is -0.404. The Labute approximate surface area is 100 Å². The SMILES string of the molecule is CON(C)C(=O)C1(c2cccc(F)c2)CCC1. The Morgan fingerprint density at radius 2 is 2.18 bits per heavy atom. The molecule has 0 atom stereocenters. The van der Waals surface area contributed by atoms with Crippen LogP contribution in [0.1, 0.15) is 24.8 Å². The van der Waals surface area contributed by atoms with E-state index in [1.807, 2.05) is 6.07 Å². The molecule has 1 amide bonds. The number of rotatable bonds is 3. The van der Waals surface area contributed by atoms with Crippen LogP contribution in [0.5, 0.6) is 0 Å². The van der Waals surface area contributed by atoms with E-state index >= 15 is 0 Å². The van der Waals surface area contributed by atoms with Gasteiger partial charge in [-0.25, -0.2) is 9.45 Å². The van der Waals surface area contributed by atoms with Crippen molar-refractivity contribution in [1.82, 2.24) is 5.06 Å². The van der Waals surface area contributed by atoms with E-state index < -0.39 is 5.41 Å². The predicted molar refractivity (Wildman–Crippen MR) is 61.7 cm³/mol. The van der Waals surface area contributed by atoms with E-state index in [1.165, 1.54) is 24.3 Å². The van der Waals surface area contributed by atoms with Crippen molar-refractivity contribution in [2.24, 2.45) is 0 Å². The summed E-state index contributed by atoms with van der Waals surface area (Å²) in [4.78, 5) is 17.2. The monoisotopic (exact) mass is 237 g/mol. The third-order valence-electron chi connectivity index (χ3n) is 3.55. The summed E-state index contributed by atoms with van der Waals surface area (Å²) in [5.41, 5.74) is 0.157. The first-order valence-electron chi connectivity index (χ1n) is 5.68. The lowest BCUT2D eigenvalue weighted by molar-refractivity contribution is -0.179. The zero-order valence-corrected chi connectivity index (χ0v) is 10.1. The van der Waals surface area contributed by atoms with Crippen LogP contribution in [0.2, 0.25) is 0 Å². The second-order valence-electron chi connectivity index (χ2n) is 4.43. The number of carbonyl (C=O) groups excluding carboxylic acids is 1. The third kappa shape index (κ3) is 1.93. The van der Waals surface area contributed by atoms with E-state index in [0.717, 1.165) is 24.8 Å². The fourth-order valence-corrected chi connectivity index (χ4v) is 2.33. The number of hydrogen-bond donors (Lipinski definition) is 0. The van der Waals surface area contributed by atoms with Gasteiger partial charge in [0.25, 0.3) is 5.91 Å². The van der Waals surface area contributed by atoms with Crippen LogP contribution in [-0.4, -0.2) is 25.1 Å². The van der Waals surface area contributed by atoms with Gasteiger partial charge in [-0.3, -0.25) is 9.63 Å². The Hall–Kier alpha value is -1.42. The molecule has 0 aromatic heterocycles. The normalized spacial score (nSPS) is 17.4. The second-order valence-corrected chi connectivity index (χ2v) is 4.43. The van der Waals surface area contributed by atoms with Crippen molar-refractivity contribution in [1.29, 1.82) is 0 Å². The van der Waals surface area contributed by atoms with Crippen molar-refractivity contribution in [2.45, 2.75) is 24.7 Å². The largest absolute Gasteiger partial charge is 0.275 e. The molecule has 0 heterocycles. The highest BCUT2D eigenvalue weighted by Gasteiger charge is 2.47. The van der Waals surface area contributed by atoms with Crippen LogP contribution in [0.3, 0.4) is 0 Å². The Balaban J connectivity index is 2.35. The lowest BCUT2D eigenvalue weighted by Crippen LogP contribution is -2.49. The quantitative estimate of drug-likeness (QED) is 0.755. The Bertz CT molecular complexity index is 429. The van der Waals surface area contributed by atoms with Gasteiger partial charge in [0.1, 0.15) is 5.82 Å². The first kappa shape index (κ1) is 12.0. The van der Waals surface area contributed by atoms with Gasteiger partial charge in [-0.05, 0) is 30.5 Å². The number of nitrogens with zero attached hydrogens (tertiary/aromatic N) is 1. The van der Waals surface area contributed by atoms with Crippen LogP contribution in [0.4, 0.5) is 4.39 Å². The minimum Gasteiger partial charge on any atom is -0.275 e. The number of amides is 1. The van der Waals surface area contributed by atoms with Crippen molar-refractivity contribution >= 4 is 5.91 Å². The molecule has 17 heavy (non-hydrogen) atoms. The highest BCUT2D eigenvalue weighted by molar-refractivity contribution is 5.88. The molecule has 1 aromatic rings. The Morgan fingerprint density at radius 3 is 2.65 bits per heavy atom. The number of hydrogen-bond acceptors (Lipinski definition) is 2. The van der Waals surface area contributed by atoms with Gasteiger partial charge >= 0.3 is 0 Å². The number of hydroxylamine groups is 2. The molecule has 2 rings (SSSR count). The molecule has 3 nitrogen and oxygen atoms in total. The molecule has 1 fully saturated rings. The molecule has 0 aliphatic heterocycles. The average Bonchev–Trinajstić information content (AvgIpc) is 2.26. The predicted octanol–water partition coefficient (Wildman–Crippen LogP) is 2.27. The topological polar surface area (TPSA) is 29.5 Å². The lowest BCUT2D eigenvalue weighted by atomic mass is 9.63. The molecule has 0 radical (unpaired) electrons. The fraction of sp³-hybridized carbons (Fsp3) is 0.462. The minimum absolute atomic E-state index is 0.100. The molecule has 1 aliphatic carbocycles. The molecular weight excluding hydrogens is 221 g/mol.